The van der Waals surface area contributed by atoms with E-state index in [9.17, 15) is 0 Å². The Morgan fingerprint density at radius 2 is 2.38 bits per heavy atom. The fraction of sp³-hybridized carbons (Fsp3) is 0.667. The van der Waals surface area contributed by atoms with Crippen molar-refractivity contribution in [3.63, 3.8) is 0 Å². The number of aliphatic imine (C=N–C) groups is 1. The fourth-order valence-corrected chi connectivity index (χ4v) is 2.03. The summed E-state index contributed by atoms with van der Waals surface area (Å²) >= 11 is 0. The molecule has 0 amide bonds. The second-order valence-corrected chi connectivity index (χ2v) is 4.44. The van der Waals surface area contributed by atoms with Crippen LogP contribution in [0.25, 0.3) is 0 Å². The minimum atomic E-state index is 0.408. The van der Waals surface area contributed by atoms with E-state index in [1.54, 1.807) is 0 Å². The Balaban J connectivity index is 1.81. The molecule has 4 heteroatoms. The molecule has 0 bridgehead atoms. The Bertz CT molecular complexity index is 329. The molecule has 0 saturated carbocycles. The smallest absolute Gasteiger partial charge is 0.0965 e. The number of amidine groups is 1. The van der Waals surface area contributed by atoms with Crippen molar-refractivity contribution < 1.29 is 0 Å². The third kappa shape index (κ3) is 3.36. The highest BCUT2D eigenvalue weighted by atomic mass is 15.1. The van der Waals surface area contributed by atoms with Gasteiger partial charge in [0.05, 0.1) is 12.2 Å². The van der Waals surface area contributed by atoms with E-state index in [0.717, 1.165) is 19.5 Å². The molecule has 2 rings (SSSR count). The molecule has 0 aliphatic carbocycles. The average Bonchev–Trinajstić information content (AvgIpc) is 2.62. The van der Waals surface area contributed by atoms with Crippen molar-refractivity contribution in [3.8, 4) is 0 Å². The fourth-order valence-electron chi connectivity index (χ4n) is 2.03. The van der Waals surface area contributed by atoms with Gasteiger partial charge in [0.25, 0.3) is 0 Å². The minimum Gasteiger partial charge on any atom is -0.370 e. The Kier molecular flexibility index (Phi) is 3.97. The van der Waals surface area contributed by atoms with Gasteiger partial charge in [-0.1, -0.05) is 6.42 Å². The van der Waals surface area contributed by atoms with Gasteiger partial charge in [-0.3, -0.25) is 4.99 Å². The predicted molar refractivity (Wildman–Crippen MR) is 65.6 cm³/mol. The number of nitrogens with one attached hydrogen (secondary N) is 1. The summed E-state index contributed by atoms with van der Waals surface area (Å²) in [4.78, 5) is 8.62. The largest absolute Gasteiger partial charge is 0.370 e. The van der Waals surface area contributed by atoms with Crippen LogP contribution in [0.1, 0.15) is 32.6 Å². The molecular formula is C12H20N4. The molecule has 2 heterocycles. The average molecular weight is 220 g/mol. The lowest BCUT2D eigenvalue weighted by molar-refractivity contribution is 0.541. The van der Waals surface area contributed by atoms with Crippen molar-refractivity contribution in [2.45, 2.75) is 45.2 Å². The molecule has 0 spiro atoms. The normalized spacial score (nSPS) is 18.7. The summed E-state index contributed by atoms with van der Waals surface area (Å²) in [5.41, 5.74) is 0. The molecule has 0 aromatic carbocycles. The summed E-state index contributed by atoms with van der Waals surface area (Å²) in [6.07, 6.45) is 10.6. The molecule has 1 unspecified atom stereocenters. The topological polar surface area (TPSA) is 42.2 Å². The number of imidazole rings is 1. The van der Waals surface area contributed by atoms with Crippen LogP contribution >= 0.6 is 0 Å². The number of hydrogen-bond acceptors (Lipinski definition) is 3. The maximum absolute atomic E-state index is 4.57. The van der Waals surface area contributed by atoms with Crippen LogP contribution in [0.3, 0.4) is 0 Å². The first-order valence-corrected chi connectivity index (χ1v) is 6.10. The molecule has 1 aromatic heterocycles. The second-order valence-electron chi connectivity index (χ2n) is 4.44. The molecule has 4 nitrogen and oxygen atoms in total. The van der Waals surface area contributed by atoms with E-state index in [2.05, 4.69) is 26.8 Å². The molecule has 0 fully saturated rings. The predicted octanol–water partition coefficient (Wildman–Crippen LogP) is 1.83. The van der Waals surface area contributed by atoms with Gasteiger partial charge in [-0.15, -0.1) is 0 Å². The van der Waals surface area contributed by atoms with Gasteiger partial charge in [-0.25, -0.2) is 4.98 Å². The number of hydrogen-bond donors (Lipinski definition) is 1. The number of aromatic nitrogens is 2. The van der Waals surface area contributed by atoms with Crippen molar-refractivity contribution in [3.05, 3.63) is 18.7 Å². The van der Waals surface area contributed by atoms with E-state index in [1.807, 2.05) is 18.7 Å². The van der Waals surface area contributed by atoms with Gasteiger partial charge < -0.3 is 9.88 Å². The first-order chi connectivity index (χ1) is 7.84. The van der Waals surface area contributed by atoms with Gasteiger partial charge >= 0.3 is 0 Å². The van der Waals surface area contributed by atoms with Crippen LogP contribution in [-0.4, -0.2) is 28.0 Å². The molecule has 1 aromatic rings. The number of nitrogens with zero attached hydrogens (tertiary/aromatic N) is 3. The van der Waals surface area contributed by atoms with Crippen molar-refractivity contribution in [2.24, 2.45) is 4.99 Å². The van der Waals surface area contributed by atoms with Crippen LogP contribution < -0.4 is 5.32 Å². The molecule has 1 aliphatic heterocycles. The van der Waals surface area contributed by atoms with Crippen LogP contribution in [0, 0.1) is 0 Å². The van der Waals surface area contributed by atoms with Crippen LogP contribution in [0.15, 0.2) is 23.7 Å². The molecule has 1 aliphatic rings. The quantitative estimate of drug-likeness (QED) is 0.844. The van der Waals surface area contributed by atoms with E-state index < -0.39 is 0 Å². The minimum absolute atomic E-state index is 0.408. The lowest BCUT2D eigenvalue weighted by Crippen LogP contribution is -2.35. The molecule has 88 valence electrons. The maximum atomic E-state index is 4.57. The van der Waals surface area contributed by atoms with E-state index in [1.165, 1.54) is 25.1 Å². The summed E-state index contributed by atoms with van der Waals surface area (Å²) in [7, 11) is 0. The lowest BCUT2D eigenvalue weighted by Gasteiger charge is -2.16. The van der Waals surface area contributed by atoms with Crippen LogP contribution in [0.4, 0.5) is 0 Å². The van der Waals surface area contributed by atoms with E-state index in [4.69, 9.17) is 0 Å². The van der Waals surface area contributed by atoms with Crippen molar-refractivity contribution in [2.75, 3.05) is 6.54 Å². The Morgan fingerprint density at radius 1 is 1.44 bits per heavy atom. The third-order valence-corrected chi connectivity index (χ3v) is 2.83. The zero-order chi connectivity index (χ0) is 11.2. The van der Waals surface area contributed by atoms with Gasteiger partial charge in [0, 0.05) is 37.9 Å². The van der Waals surface area contributed by atoms with Crippen molar-refractivity contribution in [1.82, 2.24) is 14.9 Å². The van der Waals surface area contributed by atoms with E-state index >= 15 is 0 Å². The number of rotatable bonds is 3. The Hall–Kier alpha value is -1.32. The highest BCUT2D eigenvalue weighted by molar-refractivity contribution is 5.82. The highest BCUT2D eigenvalue weighted by Gasteiger charge is 2.08. The zero-order valence-corrected chi connectivity index (χ0v) is 9.89. The SMILES string of the molecule is CC(Cn1ccnc1)NC1=NCCCCC1. The van der Waals surface area contributed by atoms with Gasteiger partial charge in [-0.2, -0.15) is 0 Å². The molecule has 1 N–H and O–H groups in total. The molecule has 16 heavy (non-hydrogen) atoms. The monoisotopic (exact) mass is 220 g/mol. The van der Waals surface area contributed by atoms with Gasteiger partial charge in [0.15, 0.2) is 0 Å². The van der Waals surface area contributed by atoms with Gasteiger partial charge in [0.1, 0.15) is 0 Å². The molecular weight excluding hydrogens is 200 g/mol. The Morgan fingerprint density at radius 3 is 3.19 bits per heavy atom. The van der Waals surface area contributed by atoms with Crippen molar-refractivity contribution in [1.29, 1.82) is 0 Å². The highest BCUT2D eigenvalue weighted by Crippen LogP contribution is 2.06. The Labute approximate surface area is 96.8 Å². The van der Waals surface area contributed by atoms with Crippen LogP contribution in [0.2, 0.25) is 0 Å². The first-order valence-electron chi connectivity index (χ1n) is 6.10. The van der Waals surface area contributed by atoms with Gasteiger partial charge in [-0.05, 0) is 19.8 Å². The summed E-state index contributed by atoms with van der Waals surface area (Å²) in [6, 6.07) is 0.408. The second kappa shape index (κ2) is 5.68. The molecule has 1 atom stereocenters. The summed E-state index contributed by atoms with van der Waals surface area (Å²) in [5, 5.41) is 3.50. The van der Waals surface area contributed by atoms with Gasteiger partial charge in [0.2, 0.25) is 0 Å². The van der Waals surface area contributed by atoms with Crippen LogP contribution in [-0.2, 0) is 6.54 Å². The first kappa shape index (κ1) is 11.2. The van der Waals surface area contributed by atoms with Crippen LogP contribution in [0.5, 0.6) is 0 Å². The zero-order valence-electron chi connectivity index (χ0n) is 9.89. The standard InChI is InChI=1S/C12H20N4/c1-11(9-16-8-7-13-10-16)15-12-5-3-2-4-6-14-12/h7-8,10-11H,2-6,9H2,1H3,(H,14,15). The van der Waals surface area contributed by atoms with E-state index in [-0.39, 0.29) is 0 Å². The molecule has 0 radical (unpaired) electrons. The third-order valence-electron chi connectivity index (χ3n) is 2.83. The summed E-state index contributed by atoms with van der Waals surface area (Å²) < 4.78 is 2.09. The van der Waals surface area contributed by atoms with E-state index in [0.29, 0.717) is 6.04 Å². The molecule has 0 saturated heterocycles. The van der Waals surface area contributed by atoms with Crippen molar-refractivity contribution >= 4 is 5.84 Å². The summed E-state index contributed by atoms with van der Waals surface area (Å²) in [6.45, 7) is 4.12. The summed E-state index contributed by atoms with van der Waals surface area (Å²) in [5.74, 6) is 1.19. The lowest BCUT2D eigenvalue weighted by atomic mass is 10.2. The maximum Gasteiger partial charge on any atom is 0.0965 e.